The second kappa shape index (κ2) is 7.99. The summed E-state index contributed by atoms with van der Waals surface area (Å²) in [5, 5.41) is 1.27. The zero-order valence-electron chi connectivity index (χ0n) is 16.7. The molecule has 1 aromatic carbocycles. The highest BCUT2D eigenvalue weighted by molar-refractivity contribution is 7.19. The standard InChI is InChI=1S/C24H25N3OS/c1-27(16-18-10-7-15-28-18)23-22-19-11-5-6-12-20(19)29-24(22)26-21(25-23)14-13-17-8-3-2-4-9-17/h2-4,7-10,15H,5-6,11-14,16H2,1H3. The summed E-state index contributed by atoms with van der Waals surface area (Å²) < 4.78 is 5.58. The quantitative estimate of drug-likeness (QED) is 0.421. The number of aromatic nitrogens is 2. The summed E-state index contributed by atoms with van der Waals surface area (Å²) in [6.07, 6.45) is 8.40. The molecule has 3 aromatic heterocycles. The molecule has 148 valence electrons. The summed E-state index contributed by atoms with van der Waals surface area (Å²) >= 11 is 1.87. The zero-order valence-corrected chi connectivity index (χ0v) is 17.5. The Morgan fingerprint density at radius 2 is 1.86 bits per heavy atom. The smallest absolute Gasteiger partial charge is 0.141 e. The van der Waals surface area contributed by atoms with Crippen LogP contribution in [0.4, 0.5) is 5.82 Å². The Balaban J connectivity index is 1.53. The lowest BCUT2D eigenvalue weighted by Crippen LogP contribution is -2.19. The second-order valence-corrected chi connectivity index (χ2v) is 8.86. The number of hydrogen-bond donors (Lipinski definition) is 0. The van der Waals surface area contributed by atoms with E-state index in [-0.39, 0.29) is 0 Å². The third-order valence-electron chi connectivity index (χ3n) is 5.66. The van der Waals surface area contributed by atoms with Crippen LogP contribution in [0.25, 0.3) is 10.2 Å². The van der Waals surface area contributed by atoms with Gasteiger partial charge in [-0.2, -0.15) is 0 Å². The molecule has 0 atom stereocenters. The highest BCUT2D eigenvalue weighted by Gasteiger charge is 2.23. The van der Waals surface area contributed by atoms with E-state index in [0.717, 1.165) is 41.5 Å². The van der Waals surface area contributed by atoms with E-state index in [1.807, 2.05) is 23.5 Å². The van der Waals surface area contributed by atoms with Crippen molar-refractivity contribution in [3.63, 3.8) is 0 Å². The van der Waals surface area contributed by atoms with Gasteiger partial charge in [-0.15, -0.1) is 11.3 Å². The minimum absolute atomic E-state index is 0.710. The van der Waals surface area contributed by atoms with Crippen LogP contribution in [0, 0.1) is 0 Å². The van der Waals surface area contributed by atoms with E-state index in [1.54, 1.807) is 6.26 Å². The Bertz CT molecular complexity index is 1100. The first-order valence-electron chi connectivity index (χ1n) is 10.4. The van der Waals surface area contributed by atoms with Crippen LogP contribution in [0.3, 0.4) is 0 Å². The lowest BCUT2D eigenvalue weighted by atomic mass is 9.97. The van der Waals surface area contributed by atoms with Crippen molar-refractivity contribution in [1.29, 1.82) is 0 Å². The Kier molecular flexibility index (Phi) is 5.06. The molecule has 0 bridgehead atoms. The molecule has 1 aliphatic rings. The Labute approximate surface area is 175 Å². The van der Waals surface area contributed by atoms with Crippen LogP contribution in [0.15, 0.2) is 53.1 Å². The molecular weight excluding hydrogens is 378 g/mol. The molecular formula is C24H25N3OS. The number of hydrogen-bond acceptors (Lipinski definition) is 5. The van der Waals surface area contributed by atoms with Crippen LogP contribution in [-0.4, -0.2) is 17.0 Å². The lowest BCUT2D eigenvalue weighted by molar-refractivity contribution is 0.507. The lowest BCUT2D eigenvalue weighted by Gasteiger charge is -2.20. The van der Waals surface area contributed by atoms with Gasteiger partial charge in [-0.25, -0.2) is 9.97 Å². The molecule has 0 spiro atoms. The number of anilines is 1. The predicted octanol–water partition coefficient (Wildman–Crippen LogP) is 5.58. The molecule has 3 heterocycles. The van der Waals surface area contributed by atoms with Gasteiger partial charge in [-0.1, -0.05) is 30.3 Å². The topological polar surface area (TPSA) is 42.2 Å². The first kappa shape index (κ1) is 18.4. The molecule has 29 heavy (non-hydrogen) atoms. The number of aryl methyl sites for hydroxylation is 4. The van der Waals surface area contributed by atoms with E-state index in [0.29, 0.717) is 6.54 Å². The van der Waals surface area contributed by atoms with E-state index < -0.39 is 0 Å². The Morgan fingerprint density at radius 1 is 1.00 bits per heavy atom. The van der Waals surface area contributed by atoms with Crippen molar-refractivity contribution in [3.05, 3.63) is 76.3 Å². The molecule has 0 fully saturated rings. The van der Waals surface area contributed by atoms with E-state index in [1.165, 1.54) is 40.7 Å². The second-order valence-electron chi connectivity index (χ2n) is 7.78. The van der Waals surface area contributed by atoms with Gasteiger partial charge < -0.3 is 9.32 Å². The van der Waals surface area contributed by atoms with Crippen LogP contribution in [0.2, 0.25) is 0 Å². The van der Waals surface area contributed by atoms with Gasteiger partial charge in [0.15, 0.2) is 0 Å². The molecule has 5 heteroatoms. The third-order valence-corrected chi connectivity index (χ3v) is 6.84. The van der Waals surface area contributed by atoms with Gasteiger partial charge in [0.05, 0.1) is 18.2 Å². The van der Waals surface area contributed by atoms with Gasteiger partial charge >= 0.3 is 0 Å². The zero-order chi connectivity index (χ0) is 19.6. The molecule has 5 rings (SSSR count). The minimum atomic E-state index is 0.710. The van der Waals surface area contributed by atoms with Crippen molar-refractivity contribution in [2.24, 2.45) is 0 Å². The molecule has 0 aliphatic heterocycles. The molecule has 0 saturated heterocycles. The fourth-order valence-electron chi connectivity index (χ4n) is 4.18. The van der Waals surface area contributed by atoms with Gasteiger partial charge in [0.2, 0.25) is 0 Å². The van der Waals surface area contributed by atoms with Crippen molar-refractivity contribution in [2.75, 3.05) is 11.9 Å². The normalized spacial score (nSPS) is 13.6. The average Bonchev–Trinajstić information content (AvgIpc) is 3.39. The monoisotopic (exact) mass is 403 g/mol. The van der Waals surface area contributed by atoms with Gasteiger partial charge in [-0.3, -0.25) is 0 Å². The third kappa shape index (κ3) is 3.79. The summed E-state index contributed by atoms with van der Waals surface area (Å²) in [7, 11) is 2.11. The number of rotatable bonds is 6. The maximum atomic E-state index is 5.58. The first-order chi connectivity index (χ1) is 14.3. The average molecular weight is 404 g/mol. The summed E-state index contributed by atoms with van der Waals surface area (Å²) in [6, 6.07) is 14.6. The maximum Gasteiger partial charge on any atom is 0.141 e. The van der Waals surface area contributed by atoms with Crippen LogP contribution in [-0.2, 0) is 32.2 Å². The summed E-state index contributed by atoms with van der Waals surface area (Å²) in [4.78, 5) is 14.9. The maximum absolute atomic E-state index is 5.58. The van der Waals surface area contributed by atoms with Crippen molar-refractivity contribution in [2.45, 2.75) is 45.1 Å². The minimum Gasteiger partial charge on any atom is -0.467 e. The molecule has 0 radical (unpaired) electrons. The molecule has 0 amide bonds. The molecule has 1 aliphatic carbocycles. The Morgan fingerprint density at radius 3 is 2.69 bits per heavy atom. The number of nitrogens with zero attached hydrogens (tertiary/aromatic N) is 3. The SMILES string of the molecule is CN(Cc1ccco1)c1nc(CCc2ccccc2)nc2sc3c(c12)CCCC3. The van der Waals surface area contributed by atoms with Crippen LogP contribution < -0.4 is 4.90 Å². The molecule has 0 unspecified atom stereocenters. The number of furan rings is 1. The summed E-state index contributed by atoms with van der Waals surface area (Å²) in [5.74, 6) is 2.93. The molecule has 0 saturated carbocycles. The van der Waals surface area contributed by atoms with Crippen molar-refractivity contribution < 1.29 is 4.42 Å². The molecule has 0 N–H and O–H groups in total. The molecule has 4 aromatic rings. The van der Waals surface area contributed by atoms with Crippen LogP contribution in [0.1, 0.15) is 40.4 Å². The highest BCUT2D eigenvalue weighted by atomic mass is 32.1. The number of thiophene rings is 1. The van der Waals surface area contributed by atoms with Crippen molar-refractivity contribution >= 4 is 27.4 Å². The van der Waals surface area contributed by atoms with Crippen molar-refractivity contribution in [1.82, 2.24) is 9.97 Å². The number of benzene rings is 1. The van der Waals surface area contributed by atoms with E-state index in [4.69, 9.17) is 14.4 Å². The van der Waals surface area contributed by atoms with Crippen LogP contribution in [0.5, 0.6) is 0 Å². The van der Waals surface area contributed by atoms with Gasteiger partial charge in [0, 0.05) is 18.3 Å². The fourth-order valence-corrected chi connectivity index (χ4v) is 5.46. The van der Waals surface area contributed by atoms with E-state index in [2.05, 4.69) is 42.3 Å². The summed E-state index contributed by atoms with van der Waals surface area (Å²) in [6.45, 7) is 0.710. The first-order valence-corrected chi connectivity index (χ1v) is 11.2. The van der Waals surface area contributed by atoms with Crippen molar-refractivity contribution in [3.8, 4) is 0 Å². The van der Waals surface area contributed by atoms with Crippen LogP contribution >= 0.6 is 11.3 Å². The fraction of sp³-hybridized carbons (Fsp3) is 0.333. The molecule has 4 nitrogen and oxygen atoms in total. The van der Waals surface area contributed by atoms with Gasteiger partial charge in [-0.05, 0) is 55.4 Å². The predicted molar refractivity (Wildman–Crippen MR) is 119 cm³/mol. The van der Waals surface area contributed by atoms with E-state index in [9.17, 15) is 0 Å². The summed E-state index contributed by atoms with van der Waals surface area (Å²) in [5.41, 5.74) is 2.80. The highest BCUT2D eigenvalue weighted by Crippen LogP contribution is 2.39. The number of fused-ring (bicyclic) bond motifs is 3. The largest absolute Gasteiger partial charge is 0.467 e. The van der Waals surface area contributed by atoms with Gasteiger partial charge in [0.25, 0.3) is 0 Å². The van der Waals surface area contributed by atoms with E-state index >= 15 is 0 Å². The van der Waals surface area contributed by atoms with Gasteiger partial charge in [0.1, 0.15) is 22.2 Å². The Hall–Kier alpha value is -2.66.